The van der Waals surface area contributed by atoms with Crippen LogP contribution in [0.3, 0.4) is 0 Å². The molecule has 0 atom stereocenters. The van der Waals surface area contributed by atoms with E-state index in [0.29, 0.717) is 5.95 Å². The van der Waals surface area contributed by atoms with Crippen molar-refractivity contribution in [2.75, 3.05) is 0 Å². The topological polar surface area (TPSA) is 43.6 Å². The molecule has 0 aliphatic heterocycles. The van der Waals surface area contributed by atoms with Gasteiger partial charge in [-0.3, -0.25) is 4.57 Å². The summed E-state index contributed by atoms with van der Waals surface area (Å²) in [5.41, 5.74) is 7.03. The third kappa shape index (κ3) is 4.15. The zero-order valence-electron chi connectivity index (χ0n) is 28.9. The first-order valence-electron chi connectivity index (χ1n) is 18.2. The summed E-state index contributed by atoms with van der Waals surface area (Å²) in [6.07, 6.45) is 1.86. The summed E-state index contributed by atoms with van der Waals surface area (Å²) >= 11 is 1.90. The summed E-state index contributed by atoms with van der Waals surface area (Å²) in [6, 6.07) is 58.7. The lowest BCUT2D eigenvalue weighted by Gasteiger charge is -2.15. The van der Waals surface area contributed by atoms with Crippen molar-refractivity contribution in [1.82, 2.24) is 19.5 Å². The first kappa shape index (κ1) is 29.6. The van der Waals surface area contributed by atoms with Gasteiger partial charge in [0.1, 0.15) is 5.65 Å². The lowest BCUT2D eigenvalue weighted by atomic mass is 9.89. The highest BCUT2D eigenvalue weighted by atomic mass is 32.1. The molecular formula is C49H28N4S. The van der Waals surface area contributed by atoms with E-state index in [9.17, 15) is 0 Å². The largest absolute Gasteiger partial charge is 0.262 e. The van der Waals surface area contributed by atoms with Gasteiger partial charge in [0, 0.05) is 53.5 Å². The van der Waals surface area contributed by atoms with E-state index in [1.54, 1.807) is 0 Å². The highest BCUT2D eigenvalue weighted by Gasteiger charge is 2.21. The fourth-order valence-electron chi connectivity index (χ4n) is 8.70. The minimum Gasteiger partial charge on any atom is -0.262 e. The van der Waals surface area contributed by atoms with Crippen LogP contribution < -0.4 is 0 Å². The predicted octanol–water partition coefficient (Wildman–Crippen LogP) is 13.3. The molecule has 0 N–H and O–H groups in total. The second kappa shape index (κ2) is 11.3. The van der Waals surface area contributed by atoms with E-state index in [-0.39, 0.29) is 0 Å². The zero-order chi connectivity index (χ0) is 35.3. The molecule has 0 radical (unpaired) electrons. The van der Waals surface area contributed by atoms with E-state index in [1.165, 1.54) is 58.1 Å². The molecule has 8 aromatic carbocycles. The van der Waals surface area contributed by atoms with E-state index in [4.69, 9.17) is 15.0 Å². The molecule has 4 nitrogen and oxygen atoms in total. The van der Waals surface area contributed by atoms with Gasteiger partial charge < -0.3 is 0 Å². The Morgan fingerprint density at radius 3 is 1.94 bits per heavy atom. The number of hydrogen-bond acceptors (Lipinski definition) is 4. The standard InChI is InChI=1S/C49H28N4S/c1-2-13-29(14-3-1)46-37-19-8-10-22-41(37)51-49(52-46)53-42-27-30(24-25-32(42)36-21-12-26-50-48(36)53)39-28-40-44(33-16-5-4-15-31(33)39)34-17-6-7-18-35(34)45-38-20-9-11-23-43(38)54-47(40)45/h1-28H. The van der Waals surface area contributed by atoms with E-state index in [2.05, 4.69) is 150 Å². The average molecular weight is 705 g/mol. The molecule has 0 aliphatic rings. The van der Waals surface area contributed by atoms with Crippen molar-refractivity contribution in [2.24, 2.45) is 0 Å². The van der Waals surface area contributed by atoms with Crippen LogP contribution in [0.1, 0.15) is 0 Å². The summed E-state index contributed by atoms with van der Waals surface area (Å²) in [4.78, 5) is 15.4. The molecule has 0 spiro atoms. The van der Waals surface area contributed by atoms with Gasteiger partial charge in [0.25, 0.3) is 0 Å². The van der Waals surface area contributed by atoms with E-state index in [0.717, 1.165) is 49.7 Å². The Labute approximate surface area is 313 Å². The van der Waals surface area contributed by atoms with Gasteiger partial charge in [-0.15, -0.1) is 11.3 Å². The number of fused-ring (bicyclic) bond motifs is 14. The highest BCUT2D eigenvalue weighted by molar-refractivity contribution is 7.27. The van der Waals surface area contributed by atoms with Gasteiger partial charge in [-0.2, -0.15) is 0 Å². The normalized spacial score (nSPS) is 12.1. The minimum atomic E-state index is 0.602. The molecular weight excluding hydrogens is 677 g/mol. The van der Waals surface area contributed by atoms with E-state index < -0.39 is 0 Å². The summed E-state index contributed by atoms with van der Waals surface area (Å²) < 4.78 is 4.78. The van der Waals surface area contributed by atoms with Crippen molar-refractivity contribution in [2.45, 2.75) is 0 Å². The van der Waals surface area contributed by atoms with Crippen LogP contribution in [0.2, 0.25) is 0 Å². The molecule has 0 bridgehead atoms. The van der Waals surface area contributed by atoms with Crippen molar-refractivity contribution >= 4 is 96.7 Å². The smallest absolute Gasteiger partial charge is 0.237 e. The van der Waals surface area contributed by atoms with Crippen LogP contribution in [0, 0.1) is 0 Å². The van der Waals surface area contributed by atoms with E-state index >= 15 is 0 Å². The van der Waals surface area contributed by atoms with Crippen LogP contribution >= 0.6 is 11.3 Å². The molecule has 0 unspecified atom stereocenters. The summed E-state index contributed by atoms with van der Waals surface area (Å²) in [6.45, 7) is 0. The summed E-state index contributed by atoms with van der Waals surface area (Å²) in [5.74, 6) is 0.602. The third-order valence-electron chi connectivity index (χ3n) is 11.0. The number of para-hydroxylation sites is 1. The van der Waals surface area contributed by atoms with Crippen LogP contribution in [0.4, 0.5) is 0 Å². The van der Waals surface area contributed by atoms with Gasteiger partial charge >= 0.3 is 0 Å². The SMILES string of the molecule is c1ccc(-c2nc(-n3c4cc(-c5cc6c7sc8ccccc8c7c7ccccc7c6c6ccccc56)ccc4c4cccnc43)nc3ccccc23)cc1. The monoisotopic (exact) mass is 704 g/mol. The maximum absolute atomic E-state index is 5.30. The molecule has 250 valence electrons. The molecule has 0 saturated heterocycles. The average Bonchev–Trinajstić information content (AvgIpc) is 3.80. The fraction of sp³-hybridized carbons (Fsp3) is 0. The van der Waals surface area contributed by atoms with Crippen molar-refractivity contribution < 1.29 is 0 Å². The van der Waals surface area contributed by atoms with Crippen molar-refractivity contribution in [1.29, 1.82) is 0 Å². The summed E-state index contributed by atoms with van der Waals surface area (Å²) in [7, 11) is 0. The Balaban J connectivity index is 1.19. The number of hydrogen-bond donors (Lipinski definition) is 0. The molecule has 4 heterocycles. The van der Waals surface area contributed by atoms with Crippen LogP contribution in [-0.4, -0.2) is 19.5 Å². The highest BCUT2D eigenvalue weighted by Crippen LogP contribution is 2.48. The third-order valence-corrected chi connectivity index (χ3v) is 12.2. The number of nitrogens with zero attached hydrogens (tertiary/aromatic N) is 4. The molecule has 0 fully saturated rings. The number of pyridine rings is 1. The van der Waals surface area contributed by atoms with Crippen molar-refractivity contribution in [3.8, 4) is 28.3 Å². The Kier molecular flexibility index (Phi) is 6.18. The Hall–Kier alpha value is -6.95. The van der Waals surface area contributed by atoms with Crippen molar-refractivity contribution in [3.05, 3.63) is 170 Å². The molecule has 12 aromatic rings. The van der Waals surface area contributed by atoms with Crippen LogP contribution in [0.5, 0.6) is 0 Å². The van der Waals surface area contributed by atoms with Gasteiger partial charge in [0.15, 0.2) is 0 Å². The van der Waals surface area contributed by atoms with Crippen molar-refractivity contribution in [3.63, 3.8) is 0 Å². The first-order valence-corrected chi connectivity index (χ1v) is 19.0. The molecule has 12 rings (SSSR count). The Morgan fingerprint density at radius 1 is 0.444 bits per heavy atom. The molecule has 0 amide bonds. The fourth-order valence-corrected chi connectivity index (χ4v) is 9.94. The van der Waals surface area contributed by atoms with Crippen LogP contribution in [0.15, 0.2) is 170 Å². The zero-order valence-corrected chi connectivity index (χ0v) is 29.7. The quantitative estimate of drug-likeness (QED) is 0.172. The van der Waals surface area contributed by atoms with Gasteiger partial charge in [0.05, 0.1) is 16.7 Å². The lowest BCUT2D eigenvalue weighted by molar-refractivity contribution is 0.998. The number of rotatable bonds is 3. The van der Waals surface area contributed by atoms with Gasteiger partial charge in [-0.05, 0) is 74.5 Å². The number of aromatic nitrogens is 4. The Bertz CT molecular complexity index is 3510. The second-order valence-electron chi connectivity index (χ2n) is 13.9. The van der Waals surface area contributed by atoms with E-state index in [1.807, 2.05) is 35.7 Å². The lowest BCUT2D eigenvalue weighted by Crippen LogP contribution is -2.04. The predicted molar refractivity (Wildman–Crippen MR) is 228 cm³/mol. The Morgan fingerprint density at radius 2 is 1.11 bits per heavy atom. The maximum Gasteiger partial charge on any atom is 0.237 e. The molecule has 54 heavy (non-hydrogen) atoms. The maximum atomic E-state index is 5.30. The molecule has 4 aromatic heterocycles. The van der Waals surface area contributed by atoms with Gasteiger partial charge in [-0.1, -0.05) is 127 Å². The molecule has 0 saturated carbocycles. The molecule has 5 heteroatoms. The van der Waals surface area contributed by atoms with Crippen LogP contribution in [-0.2, 0) is 0 Å². The number of thiophene rings is 1. The molecule has 0 aliphatic carbocycles. The second-order valence-corrected chi connectivity index (χ2v) is 15.0. The van der Waals surface area contributed by atoms with Crippen LogP contribution in [0.25, 0.3) is 114 Å². The first-order chi connectivity index (χ1) is 26.8. The van der Waals surface area contributed by atoms with Gasteiger partial charge in [0.2, 0.25) is 5.95 Å². The van der Waals surface area contributed by atoms with Gasteiger partial charge in [-0.25, -0.2) is 15.0 Å². The number of benzene rings is 8. The summed E-state index contributed by atoms with van der Waals surface area (Å²) in [5, 5.41) is 13.5. The minimum absolute atomic E-state index is 0.602.